The maximum absolute atomic E-state index is 13.8. The maximum Gasteiger partial charge on any atom is 0.257 e. The third-order valence-corrected chi connectivity index (χ3v) is 4.12. The van der Waals surface area contributed by atoms with Crippen LogP contribution in [-0.2, 0) is 4.79 Å². The Morgan fingerprint density at radius 2 is 1.81 bits per heavy atom. The highest BCUT2D eigenvalue weighted by Crippen LogP contribution is 2.23. The number of benzene rings is 2. The fourth-order valence-corrected chi connectivity index (χ4v) is 2.55. The molecule has 2 aromatic carbocycles. The van der Waals surface area contributed by atoms with Crippen LogP contribution < -0.4 is 11.1 Å². The summed E-state index contributed by atoms with van der Waals surface area (Å²) in [5.74, 6) is -2.13. The van der Waals surface area contributed by atoms with Crippen LogP contribution in [0.15, 0.2) is 47.0 Å². The maximum atomic E-state index is 13.8. The molecule has 0 aliphatic rings. The highest BCUT2D eigenvalue weighted by Gasteiger charge is 2.26. The first-order chi connectivity index (χ1) is 12.9. The second-order valence-corrected chi connectivity index (χ2v) is 6.24. The van der Waals surface area contributed by atoms with Crippen molar-refractivity contribution in [2.24, 2.45) is 5.73 Å². The molecule has 0 fully saturated rings. The lowest BCUT2D eigenvalue weighted by atomic mass is 10.1. The number of halogens is 3. The third kappa shape index (κ3) is 4.12. The van der Waals surface area contributed by atoms with Gasteiger partial charge in [0.25, 0.3) is 5.89 Å². The van der Waals surface area contributed by atoms with Gasteiger partial charge in [0.15, 0.2) is 5.82 Å². The molecule has 1 aromatic heterocycles. The third-order valence-electron chi connectivity index (χ3n) is 3.87. The van der Waals surface area contributed by atoms with Crippen LogP contribution in [0, 0.1) is 11.6 Å². The lowest BCUT2D eigenvalue weighted by molar-refractivity contribution is -0.123. The number of amides is 1. The molecule has 140 valence electrons. The summed E-state index contributed by atoms with van der Waals surface area (Å²) < 4.78 is 32.8. The summed E-state index contributed by atoms with van der Waals surface area (Å²) in [5.41, 5.74) is 5.86. The molecular weight excluding hydrogens is 378 g/mol. The number of hydrogen-bond acceptors (Lipinski definition) is 5. The highest BCUT2D eigenvalue weighted by molar-refractivity contribution is 6.30. The largest absolute Gasteiger partial charge is 0.345 e. The lowest BCUT2D eigenvalue weighted by Gasteiger charge is -2.16. The summed E-state index contributed by atoms with van der Waals surface area (Å²) >= 11 is 5.84. The molecule has 0 bridgehead atoms. The smallest absolute Gasteiger partial charge is 0.257 e. The summed E-state index contributed by atoms with van der Waals surface area (Å²) in [6.07, 6.45) is 0. The minimum atomic E-state index is -1.52. The zero-order valence-corrected chi connectivity index (χ0v) is 14.9. The number of nitrogens with two attached hydrogens (primary N) is 1. The van der Waals surface area contributed by atoms with E-state index in [0.717, 1.165) is 12.1 Å². The Labute approximate surface area is 158 Å². The number of rotatable bonds is 5. The van der Waals surface area contributed by atoms with E-state index < -0.39 is 35.2 Å². The lowest BCUT2D eigenvalue weighted by Crippen LogP contribution is -2.37. The molecule has 0 aliphatic carbocycles. The molecule has 0 aliphatic heterocycles. The average molecular weight is 393 g/mol. The van der Waals surface area contributed by atoms with Crippen LogP contribution in [0.1, 0.15) is 30.4 Å². The number of carbonyl (C=O) groups excluding carboxylic acids is 1. The second-order valence-electron chi connectivity index (χ2n) is 5.81. The molecular formula is C18H15ClF2N4O2. The van der Waals surface area contributed by atoms with Crippen LogP contribution in [0.2, 0.25) is 5.02 Å². The van der Waals surface area contributed by atoms with Crippen LogP contribution in [0.4, 0.5) is 8.78 Å². The van der Waals surface area contributed by atoms with Crippen molar-refractivity contribution in [1.29, 1.82) is 0 Å². The van der Waals surface area contributed by atoms with Gasteiger partial charge in [-0.3, -0.25) is 4.79 Å². The minimum Gasteiger partial charge on any atom is -0.345 e. The van der Waals surface area contributed by atoms with E-state index in [0.29, 0.717) is 10.6 Å². The van der Waals surface area contributed by atoms with Crippen molar-refractivity contribution in [2.75, 3.05) is 0 Å². The van der Waals surface area contributed by atoms with Gasteiger partial charge in [0, 0.05) is 16.1 Å². The van der Waals surface area contributed by atoms with E-state index >= 15 is 0 Å². The molecule has 9 heteroatoms. The van der Waals surface area contributed by atoms with E-state index in [1.54, 1.807) is 31.2 Å². The molecule has 27 heavy (non-hydrogen) atoms. The second kappa shape index (κ2) is 7.81. The summed E-state index contributed by atoms with van der Waals surface area (Å²) in [7, 11) is 0. The Hall–Kier alpha value is -2.84. The SMILES string of the molecule is CC(NC(=O)C(N)c1c(F)cccc1F)c1noc(-c2ccc(Cl)cc2)n1. The monoisotopic (exact) mass is 392 g/mol. The number of nitrogens with one attached hydrogen (secondary N) is 1. The molecule has 6 nitrogen and oxygen atoms in total. The summed E-state index contributed by atoms with van der Waals surface area (Å²) in [6, 6.07) is 7.82. The Morgan fingerprint density at radius 3 is 2.44 bits per heavy atom. The van der Waals surface area contributed by atoms with Gasteiger partial charge < -0.3 is 15.6 Å². The average Bonchev–Trinajstić information content (AvgIpc) is 3.12. The first-order valence-electron chi connectivity index (χ1n) is 7.96. The van der Waals surface area contributed by atoms with Gasteiger partial charge in [0.2, 0.25) is 5.91 Å². The predicted octanol–water partition coefficient (Wildman–Crippen LogP) is 3.55. The predicted molar refractivity (Wildman–Crippen MR) is 94.6 cm³/mol. The van der Waals surface area contributed by atoms with Gasteiger partial charge in [-0.1, -0.05) is 22.8 Å². The van der Waals surface area contributed by atoms with Crippen LogP contribution in [0.3, 0.4) is 0 Å². The van der Waals surface area contributed by atoms with E-state index in [4.69, 9.17) is 21.9 Å². The number of aromatic nitrogens is 2. The van der Waals surface area contributed by atoms with E-state index in [9.17, 15) is 13.6 Å². The molecule has 3 rings (SSSR count). The standard InChI is InChI=1S/C18H15ClF2N4O2/c1-9(16-24-18(27-25-16)10-5-7-11(19)8-6-10)23-17(26)15(22)14-12(20)3-2-4-13(14)21/h2-9,15H,22H2,1H3,(H,23,26). The zero-order valence-electron chi connectivity index (χ0n) is 14.1. The first-order valence-corrected chi connectivity index (χ1v) is 8.34. The molecule has 3 aromatic rings. The van der Waals surface area contributed by atoms with Crippen LogP contribution >= 0.6 is 11.6 Å². The van der Waals surface area contributed by atoms with Gasteiger partial charge in [-0.25, -0.2) is 8.78 Å². The van der Waals surface area contributed by atoms with Crippen molar-refractivity contribution >= 4 is 17.5 Å². The molecule has 0 spiro atoms. The Balaban J connectivity index is 1.72. The molecule has 3 N–H and O–H groups in total. The van der Waals surface area contributed by atoms with E-state index in [1.165, 1.54) is 6.07 Å². The van der Waals surface area contributed by atoms with Gasteiger partial charge in [-0.05, 0) is 43.3 Å². The Kier molecular flexibility index (Phi) is 5.48. The molecule has 0 saturated heterocycles. The van der Waals surface area contributed by atoms with Crippen molar-refractivity contribution in [3.63, 3.8) is 0 Å². The van der Waals surface area contributed by atoms with Gasteiger partial charge in [0.1, 0.15) is 17.7 Å². The molecule has 2 unspecified atom stereocenters. The van der Waals surface area contributed by atoms with Crippen molar-refractivity contribution < 1.29 is 18.1 Å². The summed E-state index contributed by atoms with van der Waals surface area (Å²) in [5, 5.41) is 6.90. The van der Waals surface area contributed by atoms with E-state index in [-0.39, 0.29) is 11.7 Å². The zero-order chi connectivity index (χ0) is 19.6. The van der Waals surface area contributed by atoms with E-state index in [2.05, 4.69) is 15.5 Å². The fourth-order valence-electron chi connectivity index (χ4n) is 2.43. The summed E-state index contributed by atoms with van der Waals surface area (Å²) in [4.78, 5) is 16.5. The molecule has 0 saturated carbocycles. The Bertz CT molecular complexity index is 942. The highest BCUT2D eigenvalue weighted by atomic mass is 35.5. The van der Waals surface area contributed by atoms with Crippen LogP contribution in [-0.4, -0.2) is 16.0 Å². The minimum absolute atomic E-state index is 0.189. The fraction of sp³-hybridized carbons (Fsp3) is 0.167. The molecule has 1 amide bonds. The van der Waals surface area contributed by atoms with Crippen molar-refractivity contribution in [1.82, 2.24) is 15.5 Å². The van der Waals surface area contributed by atoms with Gasteiger partial charge in [-0.15, -0.1) is 0 Å². The molecule has 0 radical (unpaired) electrons. The Morgan fingerprint density at radius 1 is 1.19 bits per heavy atom. The normalized spacial score (nSPS) is 13.2. The van der Waals surface area contributed by atoms with Crippen LogP contribution in [0.5, 0.6) is 0 Å². The van der Waals surface area contributed by atoms with Crippen LogP contribution in [0.25, 0.3) is 11.5 Å². The van der Waals surface area contributed by atoms with Crippen molar-refractivity contribution in [3.05, 3.63) is 70.5 Å². The van der Waals surface area contributed by atoms with Crippen molar-refractivity contribution in [2.45, 2.75) is 19.0 Å². The number of carbonyl (C=O) groups is 1. The van der Waals surface area contributed by atoms with Crippen molar-refractivity contribution in [3.8, 4) is 11.5 Å². The molecule has 2 atom stereocenters. The quantitative estimate of drug-likeness (QED) is 0.692. The number of hydrogen-bond donors (Lipinski definition) is 2. The number of nitrogens with zero attached hydrogens (tertiary/aromatic N) is 2. The van der Waals surface area contributed by atoms with Gasteiger partial charge >= 0.3 is 0 Å². The topological polar surface area (TPSA) is 94.0 Å². The first kappa shape index (κ1) is 18.9. The van der Waals surface area contributed by atoms with Gasteiger partial charge in [-0.2, -0.15) is 4.98 Å². The molecule has 1 heterocycles. The van der Waals surface area contributed by atoms with E-state index in [1.807, 2.05) is 0 Å². The van der Waals surface area contributed by atoms with Gasteiger partial charge in [0.05, 0.1) is 6.04 Å². The summed E-state index contributed by atoms with van der Waals surface area (Å²) in [6.45, 7) is 1.60.